The molecule has 0 amide bonds. The fraction of sp³-hybridized carbons (Fsp3) is 0.238. The highest BCUT2D eigenvalue weighted by molar-refractivity contribution is 5.67. The van der Waals surface area contributed by atoms with Crippen LogP contribution < -0.4 is 10.2 Å². The van der Waals surface area contributed by atoms with Crippen molar-refractivity contribution in [2.24, 2.45) is 0 Å². The van der Waals surface area contributed by atoms with Gasteiger partial charge in [-0.05, 0) is 62.1 Å². The van der Waals surface area contributed by atoms with Crippen molar-refractivity contribution >= 4 is 23.1 Å². The fourth-order valence-corrected chi connectivity index (χ4v) is 3.48. The molecule has 0 bridgehead atoms. The smallest absolute Gasteiger partial charge is 0.232 e. The molecule has 4 nitrogen and oxygen atoms in total. The Morgan fingerprint density at radius 3 is 2.48 bits per heavy atom. The summed E-state index contributed by atoms with van der Waals surface area (Å²) in [7, 11) is 0. The van der Waals surface area contributed by atoms with Crippen LogP contribution in [-0.4, -0.2) is 16.5 Å². The summed E-state index contributed by atoms with van der Waals surface area (Å²) in [5.41, 5.74) is 7.07. The first-order valence-corrected chi connectivity index (χ1v) is 8.65. The van der Waals surface area contributed by atoms with Gasteiger partial charge in [0, 0.05) is 29.7 Å². The van der Waals surface area contributed by atoms with E-state index >= 15 is 0 Å². The number of nitrogens with one attached hydrogen (secondary N) is 1. The summed E-state index contributed by atoms with van der Waals surface area (Å²) in [6.45, 7) is 7.15. The summed E-state index contributed by atoms with van der Waals surface area (Å²) in [5, 5.41) is 3.44. The van der Waals surface area contributed by atoms with E-state index in [1.807, 2.05) is 13.0 Å². The van der Waals surface area contributed by atoms with Crippen molar-refractivity contribution in [3.05, 3.63) is 70.9 Å². The first-order valence-electron chi connectivity index (χ1n) is 8.65. The van der Waals surface area contributed by atoms with Crippen molar-refractivity contribution in [2.45, 2.75) is 27.2 Å². The first-order chi connectivity index (χ1) is 12.1. The second-order valence-corrected chi connectivity index (χ2v) is 6.73. The van der Waals surface area contributed by atoms with Gasteiger partial charge in [0.2, 0.25) is 5.95 Å². The number of hydrogen-bond donors (Lipinski definition) is 1. The van der Waals surface area contributed by atoms with Crippen molar-refractivity contribution < 1.29 is 0 Å². The van der Waals surface area contributed by atoms with Crippen LogP contribution in [0.2, 0.25) is 0 Å². The van der Waals surface area contributed by atoms with E-state index in [0.717, 1.165) is 36.1 Å². The maximum absolute atomic E-state index is 4.77. The summed E-state index contributed by atoms with van der Waals surface area (Å²) in [5.74, 6) is 1.59. The van der Waals surface area contributed by atoms with Crippen LogP contribution in [0.4, 0.5) is 23.1 Å². The van der Waals surface area contributed by atoms with Gasteiger partial charge in [0.1, 0.15) is 5.82 Å². The number of aryl methyl sites for hydroxylation is 3. The maximum atomic E-state index is 4.77. The zero-order chi connectivity index (χ0) is 17.4. The molecule has 2 heterocycles. The van der Waals surface area contributed by atoms with Crippen LogP contribution in [0.1, 0.15) is 22.4 Å². The third-order valence-corrected chi connectivity index (χ3v) is 4.47. The largest absolute Gasteiger partial charge is 0.340 e. The summed E-state index contributed by atoms with van der Waals surface area (Å²) in [6.07, 6.45) is 1.04. The number of rotatable bonds is 3. The van der Waals surface area contributed by atoms with Gasteiger partial charge in [-0.2, -0.15) is 4.98 Å². The molecular weight excluding hydrogens is 308 g/mol. The normalized spacial score (nSPS) is 13.0. The average Bonchev–Trinajstić information content (AvgIpc) is 2.97. The Hall–Kier alpha value is -2.88. The highest BCUT2D eigenvalue weighted by Gasteiger charge is 2.22. The SMILES string of the molecule is Cc1cc(C)cc(Nc2cc(C)nc(N3CCc4ccccc43)n2)c1. The zero-order valence-corrected chi connectivity index (χ0v) is 14.9. The minimum absolute atomic E-state index is 0.761. The number of nitrogens with zero attached hydrogens (tertiary/aromatic N) is 3. The Balaban J connectivity index is 1.68. The molecule has 0 fully saturated rings. The summed E-state index contributed by atoms with van der Waals surface area (Å²) >= 11 is 0. The van der Waals surface area contributed by atoms with Gasteiger partial charge >= 0.3 is 0 Å². The molecule has 126 valence electrons. The van der Waals surface area contributed by atoms with E-state index in [1.165, 1.54) is 22.4 Å². The molecule has 1 aliphatic heterocycles. The molecule has 0 atom stereocenters. The lowest BCUT2D eigenvalue weighted by atomic mass is 10.1. The number of fused-ring (bicyclic) bond motifs is 1. The van der Waals surface area contributed by atoms with E-state index in [2.05, 4.69) is 71.5 Å². The maximum Gasteiger partial charge on any atom is 0.232 e. The molecule has 1 aromatic heterocycles. The van der Waals surface area contributed by atoms with Crippen LogP contribution in [-0.2, 0) is 6.42 Å². The Kier molecular flexibility index (Phi) is 3.88. The van der Waals surface area contributed by atoms with Gasteiger partial charge in [-0.1, -0.05) is 24.3 Å². The second kappa shape index (κ2) is 6.20. The molecular formula is C21H22N4. The monoisotopic (exact) mass is 330 g/mol. The molecule has 1 aliphatic rings. The molecule has 0 saturated carbocycles. The molecule has 0 unspecified atom stereocenters. The quantitative estimate of drug-likeness (QED) is 0.746. The first kappa shape index (κ1) is 15.6. The van der Waals surface area contributed by atoms with Gasteiger partial charge in [0.15, 0.2) is 0 Å². The zero-order valence-electron chi connectivity index (χ0n) is 14.9. The van der Waals surface area contributed by atoms with Gasteiger partial charge < -0.3 is 10.2 Å². The van der Waals surface area contributed by atoms with Gasteiger partial charge in [0.05, 0.1) is 0 Å². The van der Waals surface area contributed by atoms with Crippen molar-refractivity contribution in [3.63, 3.8) is 0 Å². The molecule has 0 radical (unpaired) electrons. The van der Waals surface area contributed by atoms with Crippen LogP contribution >= 0.6 is 0 Å². The van der Waals surface area contributed by atoms with Crippen LogP contribution in [0.3, 0.4) is 0 Å². The van der Waals surface area contributed by atoms with E-state index in [4.69, 9.17) is 4.98 Å². The highest BCUT2D eigenvalue weighted by Crippen LogP contribution is 2.33. The minimum Gasteiger partial charge on any atom is -0.340 e. The number of anilines is 4. The molecule has 2 aromatic carbocycles. The van der Waals surface area contributed by atoms with Crippen molar-refractivity contribution in [2.75, 3.05) is 16.8 Å². The number of hydrogen-bond acceptors (Lipinski definition) is 4. The predicted molar refractivity (Wildman–Crippen MR) is 103 cm³/mol. The molecule has 25 heavy (non-hydrogen) atoms. The van der Waals surface area contributed by atoms with Gasteiger partial charge in [0.25, 0.3) is 0 Å². The van der Waals surface area contributed by atoms with Crippen LogP contribution in [0.25, 0.3) is 0 Å². The third kappa shape index (κ3) is 3.20. The number of benzene rings is 2. The molecule has 4 rings (SSSR count). The third-order valence-electron chi connectivity index (χ3n) is 4.47. The van der Waals surface area contributed by atoms with E-state index in [0.29, 0.717) is 0 Å². The van der Waals surface area contributed by atoms with Crippen LogP contribution in [0.15, 0.2) is 48.5 Å². The second-order valence-electron chi connectivity index (χ2n) is 6.73. The lowest BCUT2D eigenvalue weighted by molar-refractivity contribution is 0.931. The summed E-state index contributed by atoms with van der Waals surface area (Å²) in [4.78, 5) is 11.6. The molecule has 4 heteroatoms. The van der Waals surface area contributed by atoms with Gasteiger partial charge in [-0.3, -0.25) is 0 Å². The van der Waals surface area contributed by atoms with E-state index in [1.54, 1.807) is 0 Å². The lowest BCUT2D eigenvalue weighted by Gasteiger charge is -2.19. The molecule has 0 spiro atoms. The summed E-state index contributed by atoms with van der Waals surface area (Å²) < 4.78 is 0. The topological polar surface area (TPSA) is 41.1 Å². The van der Waals surface area contributed by atoms with Gasteiger partial charge in [-0.15, -0.1) is 0 Å². The van der Waals surface area contributed by atoms with E-state index < -0.39 is 0 Å². The highest BCUT2D eigenvalue weighted by atomic mass is 15.3. The Morgan fingerprint density at radius 2 is 1.68 bits per heavy atom. The van der Waals surface area contributed by atoms with Crippen molar-refractivity contribution in [1.29, 1.82) is 0 Å². The molecule has 0 aliphatic carbocycles. The summed E-state index contributed by atoms with van der Waals surface area (Å²) in [6, 6.07) is 16.9. The molecule has 3 aromatic rings. The van der Waals surface area contributed by atoms with E-state index in [9.17, 15) is 0 Å². The molecule has 0 saturated heterocycles. The number of aromatic nitrogens is 2. The Bertz CT molecular complexity index is 913. The Labute approximate surface area is 148 Å². The average molecular weight is 330 g/mol. The van der Waals surface area contributed by atoms with Gasteiger partial charge in [-0.25, -0.2) is 4.98 Å². The minimum atomic E-state index is 0.761. The van der Waals surface area contributed by atoms with Crippen LogP contribution in [0, 0.1) is 20.8 Å². The predicted octanol–water partition coefficient (Wildman–Crippen LogP) is 4.84. The van der Waals surface area contributed by atoms with Crippen molar-refractivity contribution in [3.8, 4) is 0 Å². The van der Waals surface area contributed by atoms with Crippen LogP contribution in [0.5, 0.6) is 0 Å². The standard InChI is InChI=1S/C21H22N4/c1-14-10-15(2)12-18(11-14)23-20-13-16(3)22-21(24-20)25-9-8-17-6-4-5-7-19(17)25/h4-7,10-13H,8-9H2,1-3H3,(H,22,23,24). The van der Waals surface area contributed by atoms with Crippen molar-refractivity contribution in [1.82, 2.24) is 9.97 Å². The van der Waals surface area contributed by atoms with E-state index in [-0.39, 0.29) is 0 Å². The Morgan fingerprint density at radius 1 is 0.920 bits per heavy atom. The number of para-hydroxylation sites is 1. The fourth-order valence-electron chi connectivity index (χ4n) is 3.48. The lowest BCUT2D eigenvalue weighted by Crippen LogP contribution is -2.17. The molecule has 1 N–H and O–H groups in total.